The van der Waals surface area contributed by atoms with Gasteiger partial charge in [-0.2, -0.15) is 0 Å². The summed E-state index contributed by atoms with van der Waals surface area (Å²) < 4.78 is 0. The molecule has 3 nitrogen and oxygen atoms in total. The number of aromatic nitrogens is 1. The number of carbonyl (C=O) groups is 1. The van der Waals surface area contributed by atoms with E-state index in [1.807, 2.05) is 34.8 Å². The van der Waals surface area contributed by atoms with E-state index in [2.05, 4.69) is 11.1 Å². The second-order valence-corrected chi connectivity index (χ2v) is 5.19. The zero-order valence-electron chi connectivity index (χ0n) is 11.0. The number of carbonyl (C=O) groups excluding carboxylic acids is 1. The fourth-order valence-electron chi connectivity index (χ4n) is 2.03. The Balaban J connectivity index is 2.35. The van der Waals surface area contributed by atoms with Gasteiger partial charge in [-0.15, -0.1) is 0 Å². The lowest BCUT2D eigenvalue weighted by Gasteiger charge is -2.22. The molecular formula is C13H19BN2O. The minimum Gasteiger partial charge on any atom is -0.350 e. The van der Waals surface area contributed by atoms with Crippen LogP contribution in [0, 0.1) is 12.8 Å². The molecule has 1 aliphatic carbocycles. The van der Waals surface area contributed by atoms with Crippen LogP contribution in [0.5, 0.6) is 0 Å². The molecule has 2 rings (SSSR count). The standard InChI is InChI=1S/C13H19BN2O/c1-8(2)13(17)16(14)12-11(10-5-6-10)7-4-9(3)15-12/h4,7-8,10H,5-6,14H2,1-3H3. The molecule has 1 heterocycles. The van der Waals surface area contributed by atoms with Crippen molar-refractivity contribution in [1.82, 2.24) is 4.98 Å². The van der Waals surface area contributed by atoms with Gasteiger partial charge in [0.2, 0.25) is 13.9 Å². The molecule has 0 atom stereocenters. The summed E-state index contributed by atoms with van der Waals surface area (Å²) in [7, 11) is 1.83. The highest BCUT2D eigenvalue weighted by Gasteiger charge is 2.29. The Bertz CT molecular complexity index is 441. The van der Waals surface area contributed by atoms with E-state index < -0.39 is 0 Å². The number of pyridine rings is 1. The molecule has 90 valence electrons. The van der Waals surface area contributed by atoms with E-state index in [9.17, 15) is 4.79 Å². The Labute approximate surface area is 104 Å². The highest BCUT2D eigenvalue weighted by Crippen LogP contribution is 2.43. The van der Waals surface area contributed by atoms with Crippen molar-refractivity contribution in [3.8, 4) is 0 Å². The van der Waals surface area contributed by atoms with E-state index in [-0.39, 0.29) is 11.8 Å². The van der Waals surface area contributed by atoms with E-state index in [1.54, 1.807) is 4.81 Å². The van der Waals surface area contributed by atoms with Crippen LogP contribution in [0.2, 0.25) is 0 Å². The van der Waals surface area contributed by atoms with Gasteiger partial charge in [-0.25, -0.2) is 4.98 Å². The van der Waals surface area contributed by atoms with E-state index in [1.165, 1.54) is 18.4 Å². The predicted octanol–water partition coefficient (Wildman–Crippen LogP) is 1.80. The van der Waals surface area contributed by atoms with Gasteiger partial charge in [0, 0.05) is 11.6 Å². The molecule has 4 heteroatoms. The third kappa shape index (κ3) is 2.51. The molecule has 1 aromatic rings. The van der Waals surface area contributed by atoms with Crippen molar-refractivity contribution in [2.24, 2.45) is 5.92 Å². The molecular weight excluding hydrogens is 211 g/mol. The molecule has 1 fully saturated rings. The summed E-state index contributed by atoms with van der Waals surface area (Å²) in [6.07, 6.45) is 2.45. The molecule has 0 aliphatic heterocycles. The molecule has 0 unspecified atom stereocenters. The lowest BCUT2D eigenvalue weighted by molar-refractivity contribution is -0.120. The van der Waals surface area contributed by atoms with Crippen LogP contribution in [0.4, 0.5) is 5.82 Å². The number of amides is 1. The van der Waals surface area contributed by atoms with Gasteiger partial charge in [0.25, 0.3) is 0 Å². The minimum absolute atomic E-state index is 0.00867. The van der Waals surface area contributed by atoms with Crippen molar-refractivity contribution in [2.45, 2.75) is 39.5 Å². The van der Waals surface area contributed by atoms with Crippen molar-refractivity contribution < 1.29 is 4.79 Å². The predicted molar refractivity (Wildman–Crippen MR) is 71.8 cm³/mol. The van der Waals surface area contributed by atoms with Crippen LogP contribution < -0.4 is 4.81 Å². The average molecular weight is 230 g/mol. The molecule has 1 aromatic heterocycles. The van der Waals surface area contributed by atoms with Crippen molar-refractivity contribution >= 4 is 19.7 Å². The molecule has 0 saturated heterocycles. The smallest absolute Gasteiger partial charge is 0.229 e. The minimum atomic E-state index is 0.00867. The fraction of sp³-hybridized carbons (Fsp3) is 0.538. The van der Waals surface area contributed by atoms with Crippen molar-refractivity contribution in [3.63, 3.8) is 0 Å². The van der Waals surface area contributed by atoms with Crippen LogP contribution in [-0.4, -0.2) is 18.9 Å². The van der Waals surface area contributed by atoms with E-state index in [0.29, 0.717) is 5.92 Å². The van der Waals surface area contributed by atoms with Gasteiger partial charge in [-0.05, 0) is 37.3 Å². The number of hydrogen-bond acceptors (Lipinski definition) is 2. The second kappa shape index (κ2) is 4.51. The van der Waals surface area contributed by atoms with Crippen molar-refractivity contribution in [3.05, 3.63) is 23.4 Å². The zero-order valence-corrected chi connectivity index (χ0v) is 11.0. The van der Waals surface area contributed by atoms with E-state index >= 15 is 0 Å². The second-order valence-electron chi connectivity index (χ2n) is 5.19. The summed E-state index contributed by atoms with van der Waals surface area (Å²) in [4.78, 5) is 18.3. The van der Waals surface area contributed by atoms with Crippen LogP contribution in [-0.2, 0) is 4.79 Å². The van der Waals surface area contributed by atoms with Crippen LogP contribution >= 0.6 is 0 Å². The van der Waals surface area contributed by atoms with Gasteiger partial charge in [0.05, 0.1) is 0 Å². The molecule has 0 bridgehead atoms. The summed E-state index contributed by atoms with van der Waals surface area (Å²) in [5.41, 5.74) is 2.19. The Morgan fingerprint density at radius 3 is 2.65 bits per heavy atom. The zero-order chi connectivity index (χ0) is 12.6. The summed E-state index contributed by atoms with van der Waals surface area (Å²) in [5.74, 6) is 1.60. The van der Waals surface area contributed by atoms with Crippen LogP contribution in [0.1, 0.15) is 43.9 Å². The largest absolute Gasteiger partial charge is 0.350 e. The molecule has 0 spiro atoms. The molecule has 1 aliphatic rings. The summed E-state index contributed by atoms with van der Waals surface area (Å²) in [6.45, 7) is 5.81. The Hall–Kier alpha value is -1.32. The maximum Gasteiger partial charge on any atom is 0.229 e. The molecule has 1 amide bonds. The number of rotatable bonds is 3. The van der Waals surface area contributed by atoms with Gasteiger partial charge < -0.3 is 4.81 Å². The van der Waals surface area contributed by atoms with Crippen LogP contribution in [0.25, 0.3) is 0 Å². The summed E-state index contributed by atoms with van der Waals surface area (Å²) in [5, 5.41) is 0. The maximum absolute atomic E-state index is 12.0. The quantitative estimate of drug-likeness (QED) is 0.742. The monoisotopic (exact) mass is 230 g/mol. The van der Waals surface area contributed by atoms with Gasteiger partial charge in [0.15, 0.2) is 0 Å². The lowest BCUT2D eigenvalue weighted by atomic mass is 10.1. The number of nitrogens with zero attached hydrogens (tertiary/aromatic N) is 2. The first-order chi connectivity index (χ1) is 8.00. The van der Waals surface area contributed by atoms with Crippen LogP contribution in [0.3, 0.4) is 0 Å². The molecule has 17 heavy (non-hydrogen) atoms. The normalized spacial score (nSPS) is 15.1. The average Bonchev–Trinajstić information content (AvgIpc) is 3.10. The molecule has 0 aromatic carbocycles. The van der Waals surface area contributed by atoms with Gasteiger partial charge in [-0.3, -0.25) is 4.79 Å². The Kier molecular flexibility index (Phi) is 3.23. The molecule has 0 N–H and O–H groups in total. The third-order valence-electron chi connectivity index (χ3n) is 3.20. The topological polar surface area (TPSA) is 33.2 Å². The summed E-state index contributed by atoms with van der Waals surface area (Å²) >= 11 is 0. The van der Waals surface area contributed by atoms with Gasteiger partial charge in [-0.1, -0.05) is 19.9 Å². The highest BCUT2D eigenvalue weighted by molar-refractivity contribution is 6.31. The molecule has 0 radical (unpaired) electrons. The van der Waals surface area contributed by atoms with E-state index in [4.69, 9.17) is 0 Å². The lowest BCUT2D eigenvalue weighted by Crippen LogP contribution is -2.33. The fourth-order valence-corrected chi connectivity index (χ4v) is 2.03. The first-order valence-electron chi connectivity index (χ1n) is 6.25. The van der Waals surface area contributed by atoms with Gasteiger partial charge in [0.1, 0.15) is 5.82 Å². The summed E-state index contributed by atoms with van der Waals surface area (Å²) in [6, 6.07) is 4.16. The first kappa shape index (κ1) is 12.2. The Morgan fingerprint density at radius 2 is 2.12 bits per heavy atom. The van der Waals surface area contributed by atoms with Crippen LogP contribution in [0.15, 0.2) is 12.1 Å². The van der Waals surface area contributed by atoms with Crippen molar-refractivity contribution in [1.29, 1.82) is 0 Å². The highest BCUT2D eigenvalue weighted by atomic mass is 16.2. The maximum atomic E-state index is 12.0. The Morgan fingerprint density at radius 1 is 1.47 bits per heavy atom. The van der Waals surface area contributed by atoms with E-state index in [0.717, 1.165) is 11.5 Å². The number of anilines is 1. The third-order valence-corrected chi connectivity index (χ3v) is 3.20. The van der Waals surface area contributed by atoms with Gasteiger partial charge >= 0.3 is 0 Å². The first-order valence-corrected chi connectivity index (χ1v) is 6.25. The number of aryl methyl sites for hydroxylation is 1. The van der Waals surface area contributed by atoms with Crippen molar-refractivity contribution in [2.75, 3.05) is 4.81 Å². The molecule has 1 saturated carbocycles. The number of hydrogen-bond donors (Lipinski definition) is 0. The SMILES string of the molecule is BN(C(=O)C(C)C)c1nc(C)ccc1C1CC1.